The second kappa shape index (κ2) is 7.91. The van der Waals surface area contributed by atoms with Gasteiger partial charge in [-0.3, -0.25) is 35.1 Å². The lowest BCUT2D eigenvalue weighted by Crippen LogP contribution is -2.12. The van der Waals surface area contributed by atoms with Gasteiger partial charge in [-0.05, 0) is 0 Å². The molecule has 0 unspecified atom stereocenters. The van der Waals surface area contributed by atoms with E-state index in [9.17, 15) is 40.2 Å². The first kappa shape index (κ1) is 18.9. The molecule has 13 nitrogen and oxygen atoms in total. The van der Waals surface area contributed by atoms with Crippen LogP contribution in [0.15, 0.2) is 36.7 Å². The van der Waals surface area contributed by atoms with Crippen molar-refractivity contribution < 1.29 is 29.7 Å². The van der Waals surface area contributed by atoms with Gasteiger partial charge in [0.2, 0.25) is 5.91 Å². The Morgan fingerprint density at radius 2 is 1.36 bits per heavy atom. The molecule has 1 aromatic heterocycles. The van der Waals surface area contributed by atoms with Crippen molar-refractivity contribution in [1.82, 2.24) is 0 Å². The molecule has 1 amide bonds. The Hall–Kier alpha value is -4.16. The standard InChI is InChI=1S/C6H3N3O7.C6H6N2O/c10-6-4(8(13)14)1-3(7(11)12)2-5(6)9(15)16;7-6(9)5-1-3-8-4-2-5/h1-2,10H;1-4H,(H2,7,9). The number of aromatic nitrogens is 1. The van der Waals surface area contributed by atoms with Gasteiger partial charge >= 0.3 is 0 Å². The quantitative estimate of drug-likeness (QED) is 0.587. The Kier molecular flexibility index (Phi) is 5.98. The highest BCUT2D eigenvalue weighted by Gasteiger charge is 2.24. The summed E-state index contributed by atoms with van der Waals surface area (Å²) in [5.41, 5.74) is 2.22. The number of benzene rings is 1. The Balaban J connectivity index is 0.000000293. The number of carbonyl (C=O) groups is 1. The summed E-state index contributed by atoms with van der Waals surface area (Å²) in [6.07, 6.45) is 3.31. The van der Waals surface area contributed by atoms with Gasteiger partial charge in [0.05, 0.1) is 38.2 Å². The number of rotatable bonds is 4. The molecule has 1 heterocycles. The number of nitro groups is 3. The van der Waals surface area contributed by atoms with E-state index in [1.165, 1.54) is 0 Å². The zero-order valence-corrected chi connectivity index (χ0v) is 12.1. The predicted octanol–water partition coefficient (Wildman–Crippen LogP) is 0.0844. The molecular formula is C12H9N5O8. The normalized spacial score (nSPS) is 9.44. The first-order chi connectivity index (χ1) is 11.6. The molecule has 1 aromatic carbocycles. The van der Waals surface area contributed by atoms with Crippen molar-refractivity contribution in [2.45, 2.75) is 0 Å². The van der Waals surface area contributed by atoms with Crippen LogP contribution < -0.4 is 15.8 Å². The van der Waals surface area contributed by atoms with Crippen LogP contribution in [0.1, 0.15) is 10.4 Å². The maximum absolute atomic E-state index is 11.1. The van der Waals surface area contributed by atoms with Gasteiger partial charge in [0.25, 0.3) is 17.1 Å². The molecule has 2 aromatic rings. The highest BCUT2D eigenvalue weighted by atomic mass is 16.6. The first-order valence-electron chi connectivity index (χ1n) is 6.19. The zero-order valence-electron chi connectivity index (χ0n) is 12.1. The Labute approximate surface area is 137 Å². The van der Waals surface area contributed by atoms with Crippen molar-refractivity contribution in [3.8, 4) is 5.75 Å². The number of nitrogens with two attached hydrogens (primary N) is 1. The number of nitrogens with one attached hydrogen (secondary N) is 1. The summed E-state index contributed by atoms with van der Waals surface area (Å²) < 4.78 is 0. The van der Waals surface area contributed by atoms with Crippen LogP contribution in [0.25, 0.3) is 0 Å². The second-order valence-corrected chi connectivity index (χ2v) is 4.24. The highest BCUT2D eigenvalue weighted by molar-refractivity contribution is 5.92. The summed E-state index contributed by atoms with van der Waals surface area (Å²) in [7, 11) is 0. The van der Waals surface area contributed by atoms with E-state index in [0.717, 1.165) is 0 Å². The van der Waals surface area contributed by atoms with E-state index in [-0.39, 0.29) is 0 Å². The van der Waals surface area contributed by atoms with E-state index in [4.69, 9.17) is 5.73 Å². The summed E-state index contributed by atoms with van der Waals surface area (Å²) >= 11 is 0. The van der Waals surface area contributed by atoms with Gasteiger partial charge in [-0.15, -0.1) is 0 Å². The van der Waals surface area contributed by atoms with Gasteiger partial charge < -0.3 is 10.8 Å². The molecule has 0 aliphatic rings. The van der Waals surface area contributed by atoms with Gasteiger partial charge in [0.15, 0.2) is 12.4 Å². The highest BCUT2D eigenvalue weighted by Crippen LogP contribution is 2.36. The van der Waals surface area contributed by atoms with Crippen LogP contribution in [0, 0.1) is 30.3 Å². The fraction of sp³-hybridized carbons (Fsp3) is 0. The van der Waals surface area contributed by atoms with Gasteiger partial charge in [0, 0.05) is 12.1 Å². The van der Waals surface area contributed by atoms with Crippen molar-refractivity contribution in [1.29, 1.82) is 0 Å². The third kappa shape index (κ3) is 4.92. The molecule has 0 radical (unpaired) electrons. The fourth-order valence-corrected chi connectivity index (χ4v) is 1.51. The second-order valence-electron chi connectivity index (χ2n) is 4.24. The number of hydrogen-bond donors (Lipinski definition) is 1. The topological polar surface area (TPSA) is 210 Å². The van der Waals surface area contributed by atoms with Gasteiger partial charge in [-0.25, -0.2) is 4.98 Å². The number of nitro benzene ring substituents is 3. The van der Waals surface area contributed by atoms with Gasteiger partial charge in [-0.1, -0.05) is 0 Å². The van der Waals surface area contributed by atoms with Crippen molar-refractivity contribution in [3.63, 3.8) is 0 Å². The monoisotopic (exact) mass is 351 g/mol. The zero-order chi connectivity index (χ0) is 19.1. The Morgan fingerprint density at radius 3 is 1.64 bits per heavy atom. The number of non-ortho nitro benzene ring substituents is 1. The molecule has 0 spiro atoms. The number of nitrogens with zero attached hydrogens (tertiary/aromatic N) is 3. The third-order valence-corrected chi connectivity index (χ3v) is 2.64. The molecule has 13 heteroatoms. The molecule has 2 rings (SSSR count). The number of pyridine rings is 1. The van der Waals surface area contributed by atoms with E-state index < -0.39 is 43.5 Å². The lowest BCUT2D eigenvalue weighted by molar-refractivity contribution is -0.420. The van der Waals surface area contributed by atoms with E-state index in [1.54, 1.807) is 24.5 Å². The summed E-state index contributed by atoms with van der Waals surface area (Å²) in [6.45, 7) is 0. The van der Waals surface area contributed by atoms with Crippen molar-refractivity contribution in [2.24, 2.45) is 5.73 Å². The van der Waals surface area contributed by atoms with Gasteiger partial charge in [-0.2, -0.15) is 0 Å². The van der Waals surface area contributed by atoms with E-state index >= 15 is 0 Å². The Morgan fingerprint density at radius 1 is 0.920 bits per heavy atom. The number of H-pyrrole nitrogens is 1. The lowest BCUT2D eigenvalue weighted by Gasteiger charge is -2.06. The van der Waals surface area contributed by atoms with Crippen LogP contribution >= 0.6 is 0 Å². The SMILES string of the molecule is NC(=O)c1cc[nH+]cc1.O=[N+]([O-])c1cc([N+](=O)[O-])c([O-])c([N+](=O)[O-])c1. The molecule has 130 valence electrons. The van der Waals surface area contributed by atoms with Crippen LogP contribution in [0.5, 0.6) is 5.75 Å². The number of primary amides is 1. The molecule has 0 atom stereocenters. The minimum absolute atomic E-state index is 0.384. The number of aromatic amines is 1. The minimum Gasteiger partial charge on any atom is -0.863 e. The first-order valence-corrected chi connectivity index (χ1v) is 6.19. The predicted molar refractivity (Wildman–Crippen MR) is 77.4 cm³/mol. The van der Waals surface area contributed by atoms with Crippen LogP contribution in [-0.2, 0) is 0 Å². The minimum atomic E-state index is -1.46. The summed E-state index contributed by atoms with van der Waals surface area (Å²) in [6, 6.07) is 4.02. The average molecular weight is 351 g/mol. The van der Waals surface area contributed by atoms with Crippen LogP contribution in [0.2, 0.25) is 0 Å². The Bertz CT molecular complexity index is 804. The molecule has 0 aliphatic carbocycles. The lowest BCUT2D eigenvalue weighted by atomic mass is 10.2. The molecule has 0 bridgehead atoms. The van der Waals surface area contributed by atoms with E-state index in [0.29, 0.717) is 17.7 Å². The summed E-state index contributed by atoms with van der Waals surface area (Å²) in [5.74, 6) is -1.86. The van der Waals surface area contributed by atoms with Crippen molar-refractivity contribution >= 4 is 23.0 Å². The number of hydrogen-bond acceptors (Lipinski definition) is 8. The number of amides is 1. The maximum Gasteiger partial charge on any atom is 0.283 e. The van der Waals surface area contributed by atoms with Crippen molar-refractivity contribution in [3.05, 3.63) is 72.6 Å². The molecule has 25 heavy (non-hydrogen) atoms. The van der Waals surface area contributed by atoms with Gasteiger partial charge in [0.1, 0.15) is 0 Å². The molecule has 0 aliphatic heterocycles. The molecule has 3 N–H and O–H groups in total. The fourth-order valence-electron chi connectivity index (χ4n) is 1.51. The smallest absolute Gasteiger partial charge is 0.283 e. The molecule has 0 saturated heterocycles. The number of carbonyl (C=O) groups excluding carboxylic acids is 1. The average Bonchev–Trinajstić information content (AvgIpc) is 2.55. The summed E-state index contributed by atoms with van der Waals surface area (Å²) in [4.78, 5) is 40.7. The van der Waals surface area contributed by atoms with E-state index in [2.05, 4.69) is 4.98 Å². The maximum atomic E-state index is 11.1. The van der Waals surface area contributed by atoms with Crippen molar-refractivity contribution in [2.75, 3.05) is 0 Å². The van der Waals surface area contributed by atoms with Crippen LogP contribution in [0.3, 0.4) is 0 Å². The molecular weight excluding hydrogens is 342 g/mol. The summed E-state index contributed by atoms with van der Waals surface area (Å²) in [5, 5.41) is 42.1. The largest absolute Gasteiger partial charge is 0.863 e. The third-order valence-electron chi connectivity index (χ3n) is 2.64. The van der Waals surface area contributed by atoms with Crippen LogP contribution in [-0.4, -0.2) is 20.7 Å². The molecule has 0 fully saturated rings. The van der Waals surface area contributed by atoms with E-state index in [1.807, 2.05) is 0 Å². The van der Waals surface area contributed by atoms with Crippen LogP contribution in [0.4, 0.5) is 17.1 Å². The molecule has 0 saturated carbocycles.